The first-order valence-corrected chi connectivity index (χ1v) is 5.66. The first kappa shape index (κ1) is 12.2. The maximum absolute atomic E-state index is 10.7. The molecule has 2 rings (SSSR count). The summed E-state index contributed by atoms with van der Waals surface area (Å²) in [6.07, 6.45) is 3.03. The Balaban J connectivity index is 2.06. The number of carbonyl (C=O) groups is 1. The van der Waals surface area contributed by atoms with E-state index in [4.69, 9.17) is 9.84 Å². The molecule has 18 heavy (non-hydrogen) atoms. The molecule has 5 nitrogen and oxygen atoms in total. The topological polar surface area (TPSA) is 64.4 Å². The standard InChI is InChI=1S/C13H14N2O3/c1-2-18-11-5-3-10(4-6-11)7-15-8-12(13(16)17)14-9-15/h3-6,8-9H,2,7H2,1H3,(H,16,17). The molecule has 0 saturated heterocycles. The van der Waals surface area contributed by atoms with Crippen LogP contribution in [0.4, 0.5) is 0 Å². The minimum atomic E-state index is -1.01. The minimum Gasteiger partial charge on any atom is -0.494 e. The van der Waals surface area contributed by atoms with Crippen LogP contribution in [0.15, 0.2) is 36.8 Å². The van der Waals surface area contributed by atoms with E-state index in [0.29, 0.717) is 13.2 Å². The number of aromatic carboxylic acids is 1. The zero-order valence-corrected chi connectivity index (χ0v) is 10.0. The predicted molar refractivity (Wildman–Crippen MR) is 65.9 cm³/mol. The average Bonchev–Trinajstić information content (AvgIpc) is 2.81. The molecule has 0 radical (unpaired) electrons. The molecule has 0 atom stereocenters. The summed E-state index contributed by atoms with van der Waals surface area (Å²) in [5, 5.41) is 8.77. The van der Waals surface area contributed by atoms with Crippen LogP contribution in [-0.2, 0) is 6.54 Å². The Morgan fingerprint density at radius 2 is 2.11 bits per heavy atom. The van der Waals surface area contributed by atoms with Crippen LogP contribution in [0.2, 0.25) is 0 Å². The first-order chi connectivity index (χ1) is 8.69. The smallest absolute Gasteiger partial charge is 0.356 e. The van der Waals surface area contributed by atoms with Gasteiger partial charge in [0.2, 0.25) is 0 Å². The molecular weight excluding hydrogens is 232 g/mol. The van der Waals surface area contributed by atoms with Gasteiger partial charge in [-0.1, -0.05) is 12.1 Å². The molecule has 2 aromatic rings. The van der Waals surface area contributed by atoms with Crippen LogP contribution in [0.5, 0.6) is 5.75 Å². The highest BCUT2D eigenvalue weighted by atomic mass is 16.5. The fourth-order valence-electron chi connectivity index (χ4n) is 1.63. The molecule has 94 valence electrons. The third-order valence-corrected chi connectivity index (χ3v) is 2.45. The maximum Gasteiger partial charge on any atom is 0.356 e. The molecule has 0 bridgehead atoms. The fraction of sp³-hybridized carbons (Fsp3) is 0.231. The zero-order valence-electron chi connectivity index (χ0n) is 10.0. The Morgan fingerprint density at radius 1 is 1.39 bits per heavy atom. The fourth-order valence-corrected chi connectivity index (χ4v) is 1.63. The molecule has 1 aromatic heterocycles. The molecule has 1 N–H and O–H groups in total. The van der Waals surface area contributed by atoms with Crippen LogP contribution in [0.25, 0.3) is 0 Å². The van der Waals surface area contributed by atoms with E-state index >= 15 is 0 Å². The number of carboxylic acids is 1. The van der Waals surface area contributed by atoms with Crippen molar-refractivity contribution in [3.8, 4) is 5.75 Å². The van der Waals surface area contributed by atoms with E-state index in [2.05, 4.69) is 4.98 Å². The minimum absolute atomic E-state index is 0.0564. The van der Waals surface area contributed by atoms with Gasteiger partial charge in [-0.3, -0.25) is 0 Å². The quantitative estimate of drug-likeness (QED) is 0.876. The second-order valence-corrected chi connectivity index (χ2v) is 3.81. The Kier molecular flexibility index (Phi) is 3.62. The van der Waals surface area contributed by atoms with Gasteiger partial charge >= 0.3 is 5.97 Å². The number of carboxylic acid groups (broad SMARTS) is 1. The van der Waals surface area contributed by atoms with Crippen LogP contribution in [0, 0.1) is 0 Å². The third-order valence-electron chi connectivity index (χ3n) is 2.45. The maximum atomic E-state index is 10.7. The summed E-state index contributed by atoms with van der Waals surface area (Å²) in [4.78, 5) is 14.5. The molecule has 0 aliphatic carbocycles. The van der Waals surface area contributed by atoms with Crippen molar-refractivity contribution in [1.82, 2.24) is 9.55 Å². The van der Waals surface area contributed by atoms with Gasteiger partial charge in [0, 0.05) is 12.7 Å². The average molecular weight is 246 g/mol. The van der Waals surface area contributed by atoms with Crippen molar-refractivity contribution >= 4 is 5.97 Å². The van der Waals surface area contributed by atoms with E-state index in [-0.39, 0.29) is 5.69 Å². The summed E-state index contributed by atoms with van der Waals surface area (Å²) in [6, 6.07) is 7.69. The molecule has 0 fully saturated rings. The van der Waals surface area contributed by atoms with E-state index in [1.807, 2.05) is 31.2 Å². The third kappa shape index (κ3) is 2.88. The van der Waals surface area contributed by atoms with Crippen molar-refractivity contribution in [3.63, 3.8) is 0 Å². The summed E-state index contributed by atoms with van der Waals surface area (Å²) in [6.45, 7) is 3.17. The summed E-state index contributed by atoms with van der Waals surface area (Å²) in [7, 11) is 0. The van der Waals surface area contributed by atoms with Gasteiger partial charge in [0.05, 0.1) is 12.9 Å². The molecule has 0 aliphatic heterocycles. The second-order valence-electron chi connectivity index (χ2n) is 3.81. The van der Waals surface area contributed by atoms with Crippen LogP contribution in [0.3, 0.4) is 0 Å². The van der Waals surface area contributed by atoms with Crippen molar-refractivity contribution in [3.05, 3.63) is 48.0 Å². The van der Waals surface area contributed by atoms with Crippen molar-refractivity contribution in [2.24, 2.45) is 0 Å². The lowest BCUT2D eigenvalue weighted by Gasteiger charge is -2.05. The zero-order chi connectivity index (χ0) is 13.0. The van der Waals surface area contributed by atoms with Gasteiger partial charge in [0.15, 0.2) is 5.69 Å². The van der Waals surface area contributed by atoms with E-state index < -0.39 is 5.97 Å². The highest BCUT2D eigenvalue weighted by Crippen LogP contribution is 2.13. The Bertz CT molecular complexity index is 531. The van der Waals surface area contributed by atoms with Crippen LogP contribution >= 0.6 is 0 Å². The van der Waals surface area contributed by atoms with E-state index in [9.17, 15) is 4.79 Å². The normalized spacial score (nSPS) is 10.3. The molecular formula is C13H14N2O3. The van der Waals surface area contributed by atoms with Gasteiger partial charge in [0.1, 0.15) is 5.75 Å². The Labute approximate surface area is 105 Å². The highest BCUT2D eigenvalue weighted by Gasteiger charge is 2.06. The van der Waals surface area contributed by atoms with Gasteiger partial charge in [-0.2, -0.15) is 0 Å². The monoisotopic (exact) mass is 246 g/mol. The predicted octanol–water partition coefficient (Wildman–Crippen LogP) is 2.03. The SMILES string of the molecule is CCOc1ccc(Cn2cnc(C(=O)O)c2)cc1. The van der Waals surface area contributed by atoms with Crippen molar-refractivity contribution < 1.29 is 14.6 Å². The van der Waals surface area contributed by atoms with E-state index in [1.165, 1.54) is 12.5 Å². The van der Waals surface area contributed by atoms with Gasteiger partial charge in [0.25, 0.3) is 0 Å². The molecule has 0 amide bonds. The highest BCUT2D eigenvalue weighted by molar-refractivity contribution is 5.84. The number of hydrogen-bond donors (Lipinski definition) is 1. The summed E-state index contributed by atoms with van der Waals surface area (Å²) < 4.78 is 7.09. The Hall–Kier alpha value is -2.30. The Morgan fingerprint density at radius 3 is 2.67 bits per heavy atom. The number of ether oxygens (including phenoxy) is 1. The number of nitrogens with zero attached hydrogens (tertiary/aromatic N) is 2. The number of aromatic nitrogens is 2. The molecule has 1 heterocycles. The van der Waals surface area contributed by atoms with Gasteiger partial charge in [-0.15, -0.1) is 0 Å². The van der Waals surface area contributed by atoms with Gasteiger partial charge in [-0.25, -0.2) is 9.78 Å². The number of hydrogen-bond acceptors (Lipinski definition) is 3. The molecule has 0 saturated carbocycles. The molecule has 0 spiro atoms. The second kappa shape index (κ2) is 5.35. The van der Waals surface area contributed by atoms with Gasteiger partial charge < -0.3 is 14.4 Å². The summed E-state index contributed by atoms with van der Waals surface area (Å²) >= 11 is 0. The lowest BCUT2D eigenvalue weighted by Crippen LogP contribution is -1.98. The van der Waals surface area contributed by atoms with E-state index in [0.717, 1.165) is 11.3 Å². The summed E-state index contributed by atoms with van der Waals surface area (Å²) in [5.41, 5.74) is 1.12. The molecule has 5 heteroatoms. The molecule has 0 aliphatic rings. The number of benzene rings is 1. The van der Waals surface area contributed by atoms with Crippen molar-refractivity contribution in [1.29, 1.82) is 0 Å². The largest absolute Gasteiger partial charge is 0.494 e. The van der Waals surface area contributed by atoms with Gasteiger partial charge in [-0.05, 0) is 24.6 Å². The lowest BCUT2D eigenvalue weighted by atomic mass is 10.2. The van der Waals surface area contributed by atoms with Crippen LogP contribution < -0.4 is 4.74 Å². The molecule has 0 unspecified atom stereocenters. The first-order valence-electron chi connectivity index (χ1n) is 5.66. The lowest BCUT2D eigenvalue weighted by molar-refractivity contribution is 0.0691. The summed E-state index contributed by atoms with van der Waals surface area (Å²) in [5.74, 6) is -0.182. The van der Waals surface area contributed by atoms with Crippen LogP contribution in [-0.4, -0.2) is 27.2 Å². The van der Waals surface area contributed by atoms with E-state index in [1.54, 1.807) is 4.57 Å². The molecule has 1 aromatic carbocycles. The van der Waals surface area contributed by atoms with Crippen molar-refractivity contribution in [2.75, 3.05) is 6.61 Å². The number of imidazole rings is 1. The number of rotatable bonds is 5. The van der Waals surface area contributed by atoms with Crippen molar-refractivity contribution in [2.45, 2.75) is 13.5 Å². The van der Waals surface area contributed by atoms with Crippen LogP contribution in [0.1, 0.15) is 23.0 Å².